The van der Waals surface area contributed by atoms with Crippen molar-refractivity contribution < 1.29 is 4.74 Å². The van der Waals surface area contributed by atoms with Crippen molar-refractivity contribution >= 4 is 5.96 Å². The number of likely N-dealkylation sites (N-methyl/N-ethyl adjacent to an activating group) is 1. The van der Waals surface area contributed by atoms with Crippen LogP contribution in [0.1, 0.15) is 38.2 Å². The maximum atomic E-state index is 5.98. The van der Waals surface area contributed by atoms with E-state index in [0.29, 0.717) is 12.6 Å². The highest BCUT2D eigenvalue weighted by molar-refractivity contribution is 5.79. The minimum atomic E-state index is 0.500. The molecule has 1 unspecified atom stereocenters. The molecule has 138 valence electrons. The number of nitrogens with one attached hydrogen (secondary N) is 2. The van der Waals surface area contributed by atoms with E-state index in [-0.39, 0.29) is 0 Å². The van der Waals surface area contributed by atoms with Crippen molar-refractivity contribution in [3.8, 4) is 5.75 Å². The Bertz CT molecular complexity index is 581. The van der Waals surface area contributed by atoms with E-state index in [1.807, 2.05) is 13.1 Å². The smallest absolute Gasteiger partial charge is 0.191 e. The highest BCUT2D eigenvalue weighted by Crippen LogP contribution is 2.30. The predicted molar refractivity (Wildman–Crippen MR) is 103 cm³/mol. The third-order valence-electron chi connectivity index (χ3n) is 5.20. The van der Waals surface area contributed by atoms with E-state index in [1.54, 1.807) is 0 Å². The average molecular weight is 345 g/mol. The fraction of sp³-hybridized carbons (Fsp3) is 0.650. The number of aliphatic imine (C=N–C) groups is 1. The van der Waals surface area contributed by atoms with Crippen LogP contribution in [-0.2, 0) is 6.54 Å². The number of ether oxygens (including phenoxy) is 1. The highest BCUT2D eigenvalue weighted by Gasteiger charge is 2.29. The van der Waals surface area contributed by atoms with E-state index < -0.39 is 0 Å². The molecular weight excluding hydrogens is 312 g/mol. The van der Waals surface area contributed by atoms with Gasteiger partial charge in [-0.2, -0.15) is 0 Å². The molecular formula is C20H32N4O. The zero-order valence-electron chi connectivity index (χ0n) is 15.8. The quantitative estimate of drug-likeness (QED) is 0.534. The molecule has 5 heteroatoms. The number of nitrogens with zero attached hydrogens (tertiary/aromatic N) is 2. The summed E-state index contributed by atoms with van der Waals surface area (Å²) in [5.41, 5.74) is 1.18. The maximum absolute atomic E-state index is 5.98. The highest BCUT2D eigenvalue weighted by atomic mass is 16.5. The number of hydrogen-bond donors (Lipinski definition) is 2. The van der Waals surface area contributed by atoms with Gasteiger partial charge in [-0.3, -0.25) is 9.89 Å². The molecule has 1 aromatic rings. The van der Waals surface area contributed by atoms with Crippen molar-refractivity contribution in [2.75, 3.05) is 27.2 Å². The first kappa shape index (κ1) is 18.1. The molecule has 2 N–H and O–H groups in total. The van der Waals surface area contributed by atoms with E-state index in [9.17, 15) is 0 Å². The lowest BCUT2D eigenvalue weighted by Crippen LogP contribution is -2.45. The molecule has 1 aromatic carbocycles. The molecule has 0 aromatic heterocycles. The summed E-state index contributed by atoms with van der Waals surface area (Å²) in [6, 6.07) is 9.55. The van der Waals surface area contributed by atoms with Gasteiger partial charge in [-0.25, -0.2) is 0 Å². The van der Waals surface area contributed by atoms with Crippen LogP contribution in [0.15, 0.2) is 29.3 Å². The number of para-hydroxylation sites is 1. The van der Waals surface area contributed by atoms with Crippen molar-refractivity contribution in [2.45, 2.75) is 51.2 Å². The molecule has 0 radical (unpaired) electrons. The Hall–Kier alpha value is -1.75. The molecule has 3 rings (SSSR count). The Morgan fingerprint density at radius 3 is 2.68 bits per heavy atom. The topological polar surface area (TPSA) is 48.9 Å². The zero-order chi connectivity index (χ0) is 17.6. The normalized spacial score (nSPS) is 19.0. The van der Waals surface area contributed by atoms with Crippen LogP contribution >= 0.6 is 0 Å². The average Bonchev–Trinajstić information content (AvgIpc) is 3.53. The van der Waals surface area contributed by atoms with Gasteiger partial charge in [0.25, 0.3) is 0 Å². The Morgan fingerprint density at radius 2 is 2.00 bits per heavy atom. The van der Waals surface area contributed by atoms with Gasteiger partial charge in [-0.15, -0.1) is 0 Å². The van der Waals surface area contributed by atoms with Gasteiger partial charge in [-0.1, -0.05) is 18.2 Å². The van der Waals surface area contributed by atoms with Crippen LogP contribution in [-0.4, -0.2) is 50.2 Å². The van der Waals surface area contributed by atoms with Crippen LogP contribution in [0.4, 0.5) is 0 Å². The summed E-state index contributed by atoms with van der Waals surface area (Å²) in [5, 5.41) is 6.85. The lowest BCUT2D eigenvalue weighted by Gasteiger charge is -2.25. The van der Waals surface area contributed by atoms with E-state index in [0.717, 1.165) is 36.8 Å². The Kier molecular flexibility index (Phi) is 6.19. The summed E-state index contributed by atoms with van der Waals surface area (Å²) < 4.78 is 5.98. The van der Waals surface area contributed by atoms with E-state index in [1.165, 1.54) is 31.2 Å². The fourth-order valence-electron chi connectivity index (χ4n) is 2.91. The van der Waals surface area contributed by atoms with Gasteiger partial charge in [0.2, 0.25) is 0 Å². The van der Waals surface area contributed by atoms with Crippen molar-refractivity contribution in [2.24, 2.45) is 10.9 Å². The van der Waals surface area contributed by atoms with Gasteiger partial charge < -0.3 is 15.4 Å². The standard InChI is InChI=1S/C20H32N4O/c1-15(24(3)18-10-11-18)12-22-20(21-2)23-13-17-6-4-5-7-19(17)25-14-16-8-9-16/h4-7,15-16,18H,8-14H2,1-3H3,(H2,21,22,23). The molecule has 2 fully saturated rings. The summed E-state index contributed by atoms with van der Waals surface area (Å²) >= 11 is 0. The molecule has 25 heavy (non-hydrogen) atoms. The van der Waals surface area contributed by atoms with Gasteiger partial charge in [0.1, 0.15) is 5.75 Å². The Labute approximate surface area is 151 Å². The number of benzene rings is 1. The molecule has 0 saturated heterocycles. The predicted octanol–water partition coefficient (Wildman–Crippen LogP) is 2.62. The van der Waals surface area contributed by atoms with Crippen molar-refractivity contribution in [1.82, 2.24) is 15.5 Å². The van der Waals surface area contributed by atoms with Crippen molar-refractivity contribution in [3.63, 3.8) is 0 Å². The first-order valence-electron chi connectivity index (χ1n) is 9.54. The number of guanidine groups is 1. The monoisotopic (exact) mass is 344 g/mol. The largest absolute Gasteiger partial charge is 0.493 e. The molecule has 0 heterocycles. The third-order valence-corrected chi connectivity index (χ3v) is 5.20. The molecule has 0 spiro atoms. The van der Waals surface area contributed by atoms with Crippen molar-refractivity contribution in [1.29, 1.82) is 0 Å². The van der Waals surface area contributed by atoms with E-state index in [2.05, 4.69) is 52.7 Å². The fourth-order valence-corrected chi connectivity index (χ4v) is 2.91. The van der Waals surface area contributed by atoms with Gasteiger partial charge in [0.05, 0.1) is 6.61 Å². The summed E-state index contributed by atoms with van der Waals surface area (Å²) in [6.07, 6.45) is 5.30. The first-order valence-corrected chi connectivity index (χ1v) is 9.54. The van der Waals surface area contributed by atoms with Gasteiger partial charge in [0, 0.05) is 37.8 Å². The second-order valence-corrected chi connectivity index (χ2v) is 7.41. The van der Waals surface area contributed by atoms with Gasteiger partial charge in [-0.05, 0) is 51.6 Å². The zero-order valence-corrected chi connectivity index (χ0v) is 15.8. The number of hydrogen-bond acceptors (Lipinski definition) is 3. The molecule has 2 aliphatic rings. The lowest BCUT2D eigenvalue weighted by molar-refractivity contribution is 0.247. The minimum Gasteiger partial charge on any atom is -0.493 e. The maximum Gasteiger partial charge on any atom is 0.191 e. The van der Waals surface area contributed by atoms with Crippen LogP contribution in [0.3, 0.4) is 0 Å². The van der Waals surface area contributed by atoms with E-state index in [4.69, 9.17) is 4.74 Å². The van der Waals surface area contributed by atoms with Crippen molar-refractivity contribution in [3.05, 3.63) is 29.8 Å². The molecule has 0 amide bonds. The van der Waals surface area contributed by atoms with Gasteiger partial charge >= 0.3 is 0 Å². The molecule has 1 atom stereocenters. The summed E-state index contributed by atoms with van der Waals surface area (Å²) in [5.74, 6) is 2.59. The Morgan fingerprint density at radius 1 is 1.24 bits per heavy atom. The van der Waals surface area contributed by atoms with E-state index >= 15 is 0 Å². The SMILES string of the molecule is CN=C(NCc1ccccc1OCC1CC1)NCC(C)N(C)C1CC1. The molecule has 2 saturated carbocycles. The minimum absolute atomic E-state index is 0.500. The third kappa shape index (κ3) is 5.63. The molecule has 2 aliphatic carbocycles. The second kappa shape index (κ2) is 8.56. The van der Waals surface area contributed by atoms with Gasteiger partial charge in [0.15, 0.2) is 5.96 Å². The summed E-state index contributed by atoms with van der Waals surface area (Å²) in [4.78, 5) is 6.80. The van der Waals surface area contributed by atoms with Crippen LogP contribution in [0.5, 0.6) is 5.75 Å². The number of rotatable bonds is 9. The summed E-state index contributed by atoms with van der Waals surface area (Å²) in [6.45, 7) is 4.72. The van der Waals surface area contributed by atoms with Crippen LogP contribution in [0.25, 0.3) is 0 Å². The molecule has 0 aliphatic heterocycles. The lowest BCUT2D eigenvalue weighted by atomic mass is 10.2. The first-order chi connectivity index (χ1) is 12.2. The molecule has 0 bridgehead atoms. The van der Waals surface area contributed by atoms with Crippen LogP contribution in [0.2, 0.25) is 0 Å². The second-order valence-electron chi connectivity index (χ2n) is 7.41. The summed E-state index contributed by atoms with van der Waals surface area (Å²) in [7, 11) is 4.04. The van der Waals surface area contributed by atoms with Crippen LogP contribution < -0.4 is 15.4 Å². The van der Waals surface area contributed by atoms with Crippen LogP contribution in [0, 0.1) is 5.92 Å². The Balaban J connectivity index is 1.45. The molecule has 5 nitrogen and oxygen atoms in total.